The van der Waals surface area contributed by atoms with Gasteiger partial charge in [-0.05, 0) is 25.0 Å². The Morgan fingerprint density at radius 2 is 2.11 bits per heavy atom. The highest BCUT2D eigenvalue weighted by atomic mass is 16.5. The fourth-order valence-corrected chi connectivity index (χ4v) is 2.35. The van der Waals surface area contributed by atoms with Crippen LogP contribution in [-0.4, -0.2) is 19.6 Å². The monoisotopic (exact) mass is 257 g/mol. The summed E-state index contributed by atoms with van der Waals surface area (Å²) in [7, 11) is 1.63. The van der Waals surface area contributed by atoms with Crippen molar-refractivity contribution >= 4 is 5.91 Å². The van der Waals surface area contributed by atoms with Gasteiger partial charge >= 0.3 is 0 Å². The number of carbonyl (C=O) groups is 1. The summed E-state index contributed by atoms with van der Waals surface area (Å²) < 4.78 is 5.21. The Kier molecular flexibility index (Phi) is 4.85. The van der Waals surface area contributed by atoms with Gasteiger partial charge in [-0.2, -0.15) is 0 Å². The molecule has 3 heteroatoms. The van der Waals surface area contributed by atoms with Gasteiger partial charge in [-0.3, -0.25) is 4.79 Å². The fourth-order valence-electron chi connectivity index (χ4n) is 2.35. The van der Waals surface area contributed by atoms with Crippen LogP contribution in [0.15, 0.2) is 24.3 Å². The molecule has 1 aliphatic carbocycles. The van der Waals surface area contributed by atoms with Crippen molar-refractivity contribution in [2.75, 3.05) is 13.7 Å². The first-order chi connectivity index (χ1) is 9.31. The van der Waals surface area contributed by atoms with Crippen LogP contribution in [0.3, 0.4) is 0 Å². The largest absolute Gasteiger partial charge is 0.495 e. The fraction of sp³-hybridized carbons (Fsp3) is 0.438. The van der Waals surface area contributed by atoms with Crippen LogP contribution in [-0.2, 0) is 4.79 Å². The molecule has 1 aromatic carbocycles. The number of hydrogen-bond acceptors (Lipinski definition) is 2. The minimum Gasteiger partial charge on any atom is -0.495 e. The Morgan fingerprint density at radius 3 is 2.84 bits per heavy atom. The van der Waals surface area contributed by atoms with E-state index in [4.69, 9.17) is 4.74 Å². The average molecular weight is 257 g/mol. The van der Waals surface area contributed by atoms with Gasteiger partial charge in [0.15, 0.2) is 0 Å². The van der Waals surface area contributed by atoms with Crippen LogP contribution in [0, 0.1) is 17.8 Å². The minimum atomic E-state index is 0.145. The third-order valence-electron chi connectivity index (χ3n) is 3.41. The molecule has 1 fully saturated rings. The van der Waals surface area contributed by atoms with E-state index in [-0.39, 0.29) is 11.8 Å². The van der Waals surface area contributed by atoms with E-state index in [9.17, 15) is 4.79 Å². The molecular formula is C16H19NO2. The Morgan fingerprint density at radius 1 is 1.37 bits per heavy atom. The van der Waals surface area contributed by atoms with Gasteiger partial charge < -0.3 is 10.1 Å². The summed E-state index contributed by atoms with van der Waals surface area (Å²) in [6, 6.07) is 7.61. The maximum atomic E-state index is 11.8. The van der Waals surface area contributed by atoms with Crippen molar-refractivity contribution in [2.24, 2.45) is 5.92 Å². The van der Waals surface area contributed by atoms with Gasteiger partial charge in [-0.15, -0.1) is 0 Å². The predicted molar refractivity (Wildman–Crippen MR) is 74.8 cm³/mol. The number of amides is 1. The molecule has 1 N–H and O–H groups in total. The highest BCUT2D eigenvalue weighted by Crippen LogP contribution is 2.24. The van der Waals surface area contributed by atoms with Crippen molar-refractivity contribution < 1.29 is 9.53 Å². The number of nitrogens with one attached hydrogen (secondary N) is 1. The van der Waals surface area contributed by atoms with E-state index < -0.39 is 0 Å². The molecular weight excluding hydrogens is 238 g/mol. The lowest BCUT2D eigenvalue weighted by Gasteiger charge is -2.07. The molecule has 1 saturated carbocycles. The summed E-state index contributed by atoms with van der Waals surface area (Å²) in [6.45, 7) is 0.396. The molecule has 0 atom stereocenters. The third kappa shape index (κ3) is 3.75. The van der Waals surface area contributed by atoms with Gasteiger partial charge in [0.2, 0.25) is 5.91 Å². The smallest absolute Gasteiger partial charge is 0.223 e. The highest BCUT2D eigenvalue weighted by molar-refractivity contribution is 5.79. The van der Waals surface area contributed by atoms with E-state index in [2.05, 4.69) is 17.2 Å². The van der Waals surface area contributed by atoms with E-state index in [1.807, 2.05) is 24.3 Å². The van der Waals surface area contributed by atoms with E-state index in [1.165, 1.54) is 12.8 Å². The van der Waals surface area contributed by atoms with Crippen LogP contribution < -0.4 is 10.1 Å². The second kappa shape index (κ2) is 6.84. The number of rotatable bonds is 3. The Bertz CT molecular complexity index is 493. The number of para-hydroxylation sites is 1. The molecule has 1 amide bonds. The van der Waals surface area contributed by atoms with Crippen LogP contribution in [0.2, 0.25) is 0 Å². The van der Waals surface area contributed by atoms with Gasteiger partial charge in [0.1, 0.15) is 5.75 Å². The molecule has 19 heavy (non-hydrogen) atoms. The van der Waals surface area contributed by atoms with Gasteiger partial charge in [0.05, 0.1) is 19.2 Å². The first-order valence-corrected chi connectivity index (χ1v) is 6.71. The van der Waals surface area contributed by atoms with E-state index in [0.717, 1.165) is 24.2 Å². The number of ether oxygens (including phenoxy) is 1. The lowest BCUT2D eigenvalue weighted by atomic mass is 10.1. The van der Waals surface area contributed by atoms with Crippen LogP contribution in [0.4, 0.5) is 0 Å². The minimum absolute atomic E-state index is 0.145. The zero-order chi connectivity index (χ0) is 13.5. The van der Waals surface area contributed by atoms with Crippen molar-refractivity contribution in [3.8, 4) is 17.6 Å². The van der Waals surface area contributed by atoms with E-state index in [1.54, 1.807) is 7.11 Å². The zero-order valence-corrected chi connectivity index (χ0v) is 11.2. The SMILES string of the molecule is COc1ccccc1C#CCNC(=O)C1CCCC1. The summed E-state index contributed by atoms with van der Waals surface area (Å²) in [5.41, 5.74) is 0.847. The first kappa shape index (κ1) is 13.5. The van der Waals surface area contributed by atoms with Crippen LogP contribution in [0.1, 0.15) is 31.2 Å². The lowest BCUT2D eigenvalue weighted by Crippen LogP contribution is -2.29. The van der Waals surface area contributed by atoms with Crippen LogP contribution >= 0.6 is 0 Å². The van der Waals surface area contributed by atoms with Crippen molar-refractivity contribution in [3.05, 3.63) is 29.8 Å². The Balaban J connectivity index is 1.85. The topological polar surface area (TPSA) is 38.3 Å². The van der Waals surface area contributed by atoms with Gasteiger partial charge in [-0.25, -0.2) is 0 Å². The van der Waals surface area contributed by atoms with Crippen molar-refractivity contribution in [2.45, 2.75) is 25.7 Å². The molecule has 0 heterocycles. The molecule has 0 spiro atoms. The number of hydrogen-bond donors (Lipinski definition) is 1. The molecule has 0 aromatic heterocycles. The first-order valence-electron chi connectivity index (χ1n) is 6.71. The second-order valence-electron chi connectivity index (χ2n) is 4.70. The van der Waals surface area contributed by atoms with Crippen molar-refractivity contribution in [3.63, 3.8) is 0 Å². The van der Waals surface area contributed by atoms with Crippen LogP contribution in [0.5, 0.6) is 5.75 Å². The summed E-state index contributed by atoms with van der Waals surface area (Å²) in [4.78, 5) is 11.8. The molecule has 0 aliphatic heterocycles. The highest BCUT2D eigenvalue weighted by Gasteiger charge is 2.21. The maximum Gasteiger partial charge on any atom is 0.223 e. The summed E-state index contributed by atoms with van der Waals surface area (Å²) >= 11 is 0. The molecule has 1 aliphatic rings. The number of benzene rings is 1. The standard InChI is InChI=1S/C16H19NO2/c1-19-15-11-5-4-7-13(15)10-6-12-17-16(18)14-8-2-3-9-14/h4-5,7,11,14H,2-3,8-9,12H2,1H3,(H,17,18). The molecule has 2 rings (SSSR count). The molecule has 0 saturated heterocycles. The predicted octanol–water partition coefficient (Wildman–Crippen LogP) is 2.35. The third-order valence-corrected chi connectivity index (χ3v) is 3.41. The summed E-state index contributed by atoms with van der Waals surface area (Å²) in [6.07, 6.45) is 4.38. The Labute approximate surface area is 114 Å². The number of methoxy groups -OCH3 is 1. The molecule has 1 aromatic rings. The van der Waals surface area contributed by atoms with Crippen molar-refractivity contribution in [1.82, 2.24) is 5.32 Å². The summed E-state index contributed by atoms with van der Waals surface area (Å²) in [5, 5.41) is 2.88. The molecule has 0 bridgehead atoms. The molecule has 0 unspecified atom stereocenters. The maximum absolute atomic E-state index is 11.8. The van der Waals surface area contributed by atoms with Gasteiger partial charge in [0.25, 0.3) is 0 Å². The lowest BCUT2D eigenvalue weighted by molar-refractivity contribution is -0.124. The van der Waals surface area contributed by atoms with E-state index in [0.29, 0.717) is 6.54 Å². The zero-order valence-electron chi connectivity index (χ0n) is 11.2. The normalized spacial score (nSPS) is 14.6. The molecule has 0 radical (unpaired) electrons. The quantitative estimate of drug-likeness (QED) is 0.844. The number of carbonyl (C=O) groups excluding carboxylic acids is 1. The summed E-state index contributed by atoms with van der Waals surface area (Å²) in [5.74, 6) is 7.10. The average Bonchev–Trinajstić information content (AvgIpc) is 2.98. The van der Waals surface area contributed by atoms with Crippen LogP contribution in [0.25, 0.3) is 0 Å². The second-order valence-corrected chi connectivity index (χ2v) is 4.70. The van der Waals surface area contributed by atoms with Crippen molar-refractivity contribution in [1.29, 1.82) is 0 Å². The Hall–Kier alpha value is -1.95. The van der Waals surface area contributed by atoms with Gasteiger partial charge in [-0.1, -0.05) is 36.8 Å². The molecule has 100 valence electrons. The molecule has 3 nitrogen and oxygen atoms in total. The van der Waals surface area contributed by atoms with Gasteiger partial charge in [0, 0.05) is 5.92 Å². The van der Waals surface area contributed by atoms with E-state index >= 15 is 0 Å².